The molecule has 0 N–H and O–H groups in total. The Morgan fingerprint density at radius 1 is 1.21 bits per heavy atom. The van der Waals surface area contributed by atoms with E-state index in [-0.39, 0.29) is 0 Å². The summed E-state index contributed by atoms with van der Waals surface area (Å²) in [5.41, 5.74) is 2.84. The van der Waals surface area contributed by atoms with Crippen LogP contribution in [0.5, 0.6) is 5.75 Å². The summed E-state index contributed by atoms with van der Waals surface area (Å²) in [6.07, 6.45) is 4.82. The minimum Gasteiger partial charge on any atom is -0.490 e. The first-order valence-electron chi connectivity index (χ1n) is 8.12. The largest absolute Gasteiger partial charge is 0.490 e. The molecule has 1 aromatic heterocycles. The van der Waals surface area contributed by atoms with Crippen LogP contribution in [0.1, 0.15) is 31.9 Å². The lowest BCUT2D eigenvalue weighted by atomic mass is 10.1. The first kappa shape index (κ1) is 17.7. The van der Waals surface area contributed by atoms with E-state index in [0.29, 0.717) is 19.4 Å². The molecule has 2 nitrogen and oxygen atoms in total. The van der Waals surface area contributed by atoms with Gasteiger partial charge in [-0.25, -0.2) is 9.37 Å². The van der Waals surface area contributed by atoms with Crippen LogP contribution in [-0.2, 0) is 0 Å². The van der Waals surface area contributed by atoms with Gasteiger partial charge >= 0.3 is 0 Å². The number of nitrogens with zero attached hydrogens (tertiary/aromatic N) is 1. The average Bonchev–Trinajstić information content (AvgIpc) is 2.60. The van der Waals surface area contributed by atoms with Crippen molar-refractivity contribution in [3.8, 4) is 28.7 Å². The second kappa shape index (κ2) is 9.52. The van der Waals surface area contributed by atoms with Crippen molar-refractivity contribution < 1.29 is 9.13 Å². The first-order chi connectivity index (χ1) is 11.7. The lowest BCUT2D eigenvalue weighted by Gasteiger charge is -2.05. The highest BCUT2D eigenvalue weighted by Crippen LogP contribution is 2.21. The SMILES string of the molecule is C=CCOc1ccc(-c2ccc(C#CCCCC(C)F)nc2)cc1. The van der Waals surface area contributed by atoms with Gasteiger partial charge in [0, 0.05) is 18.2 Å². The molecule has 0 aliphatic rings. The van der Waals surface area contributed by atoms with Crippen LogP contribution in [-0.4, -0.2) is 17.8 Å². The molecular weight excluding hydrogens is 301 g/mol. The van der Waals surface area contributed by atoms with Gasteiger partial charge < -0.3 is 4.74 Å². The molecule has 124 valence electrons. The molecule has 3 heteroatoms. The Morgan fingerprint density at radius 2 is 1.96 bits per heavy atom. The summed E-state index contributed by atoms with van der Waals surface area (Å²) in [6.45, 7) is 5.70. The zero-order valence-electron chi connectivity index (χ0n) is 14.0. The van der Waals surface area contributed by atoms with Crippen molar-refractivity contribution >= 4 is 0 Å². The first-order valence-corrected chi connectivity index (χ1v) is 8.12. The van der Waals surface area contributed by atoms with Gasteiger partial charge in [0.25, 0.3) is 0 Å². The third-order valence-corrected chi connectivity index (χ3v) is 3.44. The molecule has 2 aromatic rings. The van der Waals surface area contributed by atoms with E-state index in [1.54, 1.807) is 13.0 Å². The Bertz CT molecular complexity index is 693. The van der Waals surface area contributed by atoms with E-state index in [4.69, 9.17) is 4.74 Å². The molecule has 1 atom stereocenters. The number of rotatable bonds is 7. The topological polar surface area (TPSA) is 22.1 Å². The molecule has 0 spiro atoms. The predicted octanol–water partition coefficient (Wildman–Crippen LogP) is 5.19. The molecule has 0 bridgehead atoms. The molecule has 1 aromatic carbocycles. The Labute approximate surface area is 143 Å². The fourth-order valence-electron chi connectivity index (χ4n) is 2.16. The van der Waals surface area contributed by atoms with Crippen molar-refractivity contribution in [2.24, 2.45) is 0 Å². The number of halogens is 1. The summed E-state index contributed by atoms with van der Waals surface area (Å²) in [5, 5.41) is 0. The van der Waals surface area contributed by atoms with Crippen molar-refractivity contribution in [2.75, 3.05) is 6.61 Å². The van der Waals surface area contributed by atoms with E-state index in [1.165, 1.54) is 0 Å². The van der Waals surface area contributed by atoms with Gasteiger partial charge in [-0.3, -0.25) is 0 Å². The number of alkyl halides is 1. The van der Waals surface area contributed by atoms with E-state index in [9.17, 15) is 4.39 Å². The number of aromatic nitrogens is 1. The molecule has 0 aliphatic carbocycles. The third-order valence-electron chi connectivity index (χ3n) is 3.44. The Morgan fingerprint density at radius 3 is 2.58 bits per heavy atom. The van der Waals surface area contributed by atoms with Crippen LogP contribution in [0, 0.1) is 11.8 Å². The third kappa shape index (κ3) is 5.89. The smallest absolute Gasteiger partial charge is 0.119 e. The van der Waals surface area contributed by atoms with Crippen molar-refractivity contribution in [1.29, 1.82) is 0 Å². The van der Waals surface area contributed by atoms with Crippen molar-refractivity contribution in [3.63, 3.8) is 0 Å². The average molecular weight is 323 g/mol. The van der Waals surface area contributed by atoms with E-state index < -0.39 is 6.17 Å². The molecule has 1 unspecified atom stereocenters. The minimum atomic E-state index is -0.752. The molecule has 1 heterocycles. The number of hydrogen-bond acceptors (Lipinski definition) is 2. The summed E-state index contributed by atoms with van der Waals surface area (Å²) in [5.74, 6) is 6.87. The van der Waals surface area contributed by atoms with E-state index >= 15 is 0 Å². The highest BCUT2D eigenvalue weighted by atomic mass is 19.1. The lowest BCUT2D eigenvalue weighted by molar-refractivity contribution is 0.336. The van der Waals surface area contributed by atoms with Crippen molar-refractivity contribution in [3.05, 3.63) is 60.9 Å². The molecule has 0 amide bonds. The van der Waals surface area contributed by atoms with Gasteiger partial charge in [-0.05, 0) is 49.4 Å². The zero-order valence-corrected chi connectivity index (χ0v) is 14.0. The Kier molecular flexibility index (Phi) is 7.04. The van der Waals surface area contributed by atoms with Crippen molar-refractivity contribution in [2.45, 2.75) is 32.4 Å². The summed E-state index contributed by atoms with van der Waals surface area (Å²) < 4.78 is 18.1. The Balaban J connectivity index is 1.94. The van der Waals surface area contributed by atoms with Gasteiger partial charge in [-0.2, -0.15) is 0 Å². The number of unbranched alkanes of at least 4 members (excludes halogenated alkanes) is 1. The number of pyridine rings is 1. The molecule has 0 saturated heterocycles. The van der Waals surface area contributed by atoms with Gasteiger partial charge in [0.1, 0.15) is 18.1 Å². The van der Waals surface area contributed by atoms with Crippen LogP contribution in [0.25, 0.3) is 11.1 Å². The summed E-state index contributed by atoms with van der Waals surface area (Å²) >= 11 is 0. The minimum absolute atomic E-state index is 0.499. The van der Waals surface area contributed by atoms with Gasteiger partial charge in [0.2, 0.25) is 0 Å². The van der Waals surface area contributed by atoms with Crippen LogP contribution in [0.4, 0.5) is 4.39 Å². The number of benzene rings is 1. The van der Waals surface area contributed by atoms with Crippen LogP contribution in [0.15, 0.2) is 55.3 Å². The van der Waals surface area contributed by atoms with Crippen LogP contribution < -0.4 is 4.74 Å². The normalized spacial score (nSPS) is 11.2. The molecule has 24 heavy (non-hydrogen) atoms. The lowest BCUT2D eigenvalue weighted by Crippen LogP contribution is -1.92. The van der Waals surface area contributed by atoms with E-state index in [0.717, 1.165) is 29.0 Å². The van der Waals surface area contributed by atoms with Crippen LogP contribution >= 0.6 is 0 Å². The monoisotopic (exact) mass is 323 g/mol. The molecule has 0 radical (unpaired) electrons. The molecule has 0 saturated carbocycles. The fraction of sp³-hybridized carbons (Fsp3) is 0.286. The quantitative estimate of drug-likeness (QED) is 0.397. The maximum atomic E-state index is 12.7. The van der Waals surface area contributed by atoms with Crippen LogP contribution in [0.2, 0.25) is 0 Å². The van der Waals surface area contributed by atoms with Crippen LogP contribution in [0.3, 0.4) is 0 Å². The second-order valence-corrected chi connectivity index (χ2v) is 5.53. The highest BCUT2D eigenvalue weighted by molar-refractivity contribution is 5.63. The summed E-state index contributed by atoms with van der Waals surface area (Å²) in [4.78, 5) is 4.37. The van der Waals surface area contributed by atoms with Gasteiger partial charge in [-0.1, -0.05) is 36.8 Å². The summed E-state index contributed by atoms with van der Waals surface area (Å²) in [7, 11) is 0. The maximum absolute atomic E-state index is 12.7. The molecular formula is C21H22FNO. The standard InChI is InChI=1S/C21H22FNO/c1-3-15-24-21-13-10-18(11-14-21)19-9-12-20(23-16-19)8-6-4-5-7-17(2)22/h3,9-14,16-17H,1,4-5,7,15H2,2H3. The van der Waals surface area contributed by atoms with Gasteiger partial charge in [0.05, 0.1) is 6.17 Å². The van der Waals surface area contributed by atoms with Gasteiger partial charge in [0.15, 0.2) is 0 Å². The molecule has 0 fully saturated rings. The van der Waals surface area contributed by atoms with Crippen molar-refractivity contribution in [1.82, 2.24) is 4.98 Å². The number of hydrogen-bond donors (Lipinski definition) is 0. The maximum Gasteiger partial charge on any atom is 0.119 e. The number of ether oxygens (including phenoxy) is 1. The van der Waals surface area contributed by atoms with Gasteiger partial charge in [-0.15, -0.1) is 0 Å². The zero-order chi connectivity index (χ0) is 17.2. The Hall–Kier alpha value is -2.60. The fourth-order valence-corrected chi connectivity index (χ4v) is 2.16. The molecule has 2 rings (SSSR count). The van der Waals surface area contributed by atoms with E-state index in [2.05, 4.69) is 23.4 Å². The predicted molar refractivity (Wildman–Crippen MR) is 96.7 cm³/mol. The molecule has 0 aliphatic heterocycles. The summed E-state index contributed by atoms with van der Waals surface area (Å²) in [6, 6.07) is 11.8. The highest BCUT2D eigenvalue weighted by Gasteiger charge is 2.00. The van der Waals surface area contributed by atoms with E-state index in [1.807, 2.05) is 42.6 Å². The second-order valence-electron chi connectivity index (χ2n) is 5.53.